The molecule has 1 aromatic rings. The number of aliphatic carboxylic acids is 1. The molecule has 0 aromatic carbocycles. The summed E-state index contributed by atoms with van der Waals surface area (Å²) in [5, 5.41) is 11.1. The van der Waals surface area contributed by atoms with E-state index in [-0.39, 0.29) is 18.0 Å². The van der Waals surface area contributed by atoms with Crippen molar-refractivity contribution in [3.63, 3.8) is 0 Å². The van der Waals surface area contributed by atoms with Crippen molar-refractivity contribution < 1.29 is 14.7 Å². The van der Waals surface area contributed by atoms with Crippen LogP contribution in [0.1, 0.15) is 29.8 Å². The molecule has 1 amide bonds. The van der Waals surface area contributed by atoms with Crippen LogP contribution in [0.2, 0.25) is 0 Å². The number of carboxylic acids is 1. The smallest absolute Gasteiger partial charge is 0.308 e. The third-order valence-corrected chi connectivity index (χ3v) is 4.50. The van der Waals surface area contributed by atoms with Crippen LogP contribution in [0, 0.1) is 5.92 Å². The number of carboxylic acid groups (broad SMARTS) is 1. The van der Waals surface area contributed by atoms with Crippen molar-refractivity contribution in [3.05, 3.63) is 11.1 Å². The van der Waals surface area contributed by atoms with Crippen molar-refractivity contribution in [3.8, 4) is 0 Å². The number of hydrogen-bond acceptors (Lipinski definition) is 5. The van der Waals surface area contributed by atoms with Crippen LogP contribution in [-0.2, 0) is 4.79 Å². The molecule has 3 N–H and O–H groups in total. The van der Waals surface area contributed by atoms with Crippen molar-refractivity contribution in [2.75, 3.05) is 5.73 Å². The van der Waals surface area contributed by atoms with Gasteiger partial charge in [0.2, 0.25) is 0 Å². The van der Waals surface area contributed by atoms with E-state index in [0.29, 0.717) is 17.2 Å². The van der Waals surface area contributed by atoms with Gasteiger partial charge in [-0.3, -0.25) is 9.59 Å². The van der Waals surface area contributed by atoms with Crippen molar-refractivity contribution in [1.82, 2.24) is 9.88 Å². The third kappa shape index (κ3) is 1.58. The Labute approximate surface area is 107 Å². The molecule has 1 aromatic heterocycles. The molecule has 3 unspecified atom stereocenters. The number of nitrogens with zero attached hydrogens (tertiary/aromatic N) is 2. The maximum Gasteiger partial charge on any atom is 0.308 e. The van der Waals surface area contributed by atoms with Gasteiger partial charge in [0.15, 0.2) is 5.13 Å². The Morgan fingerprint density at radius 2 is 2.28 bits per heavy atom. The molecule has 0 saturated carbocycles. The van der Waals surface area contributed by atoms with Crippen molar-refractivity contribution in [2.45, 2.75) is 31.3 Å². The molecule has 3 rings (SSSR count). The first-order valence-corrected chi connectivity index (χ1v) is 6.72. The van der Waals surface area contributed by atoms with Crippen molar-refractivity contribution >= 4 is 28.3 Å². The molecule has 6 nitrogen and oxygen atoms in total. The zero-order valence-electron chi connectivity index (χ0n) is 9.57. The van der Waals surface area contributed by atoms with Crippen LogP contribution in [0.4, 0.5) is 5.13 Å². The lowest BCUT2D eigenvalue weighted by Crippen LogP contribution is -2.38. The van der Waals surface area contributed by atoms with E-state index >= 15 is 0 Å². The Morgan fingerprint density at radius 3 is 2.83 bits per heavy atom. The van der Waals surface area contributed by atoms with Crippen molar-refractivity contribution in [2.24, 2.45) is 5.92 Å². The van der Waals surface area contributed by atoms with Crippen LogP contribution in [0.3, 0.4) is 0 Å². The van der Waals surface area contributed by atoms with E-state index in [4.69, 9.17) is 10.8 Å². The number of carbonyl (C=O) groups excluding carboxylic acids is 1. The maximum atomic E-state index is 12.3. The summed E-state index contributed by atoms with van der Waals surface area (Å²) in [6.07, 6.45) is 2.22. The van der Waals surface area contributed by atoms with E-state index in [1.807, 2.05) is 0 Å². The largest absolute Gasteiger partial charge is 0.481 e. The first kappa shape index (κ1) is 11.5. The summed E-state index contributed by atoms with van der Waals surface area (Å²) in [5.74, 6) is -1.42. The maximum absolute atomic E-state index is 12.3. The number of amides is 1. The number of aromatic nitrogens is 1. The molecule has 18 heavy (non-hydrogen) atoms. The normalized spacial score (nSPS) is 29.8. The lowest BCUT2D eigenvalue weighted by Gasteiger charge is -2.21. The molecular formula is C11H13N3O3S. The van der Waals surface area contributed by atoms with E-state index in [2.05, 4.69) is 4.98 Å². The molecule has 2 fully saturated rings. The molecule has 0 spiro atoms. The minimum absolute atomic E-state index is 0.0477. The standard InChI is InChI=1S/C11H13N3O3S/c12-11-13-7(4-18-11)9(15)14-5-1-2-8(14)6(3-5)10(16)17/h4-6,8H,1-3H2,(H2,12,13)(H,16,17). The molecule has 2 aliphatic heterocycles. The predicted octanol–water partition coefficient (Wildman–Crippen LogP) is 0.803. The number of rotatable bonds is 2. The summed E-state index contributed by atoms with van der Waals surface area (Å²) in [4.78, 5) is 29.1. The lowest BCUT2D eigenvalue weighted by atomic mass is 9.89. The summed E-state index contributed by atoms with van der Waals surface area (Å²) in [6.45, 7) is 0. The number of hydrogen-bond donors (Lipinski definition) is 2. The zero-order valence-corrected chi connectivity index (χ0v) is 10.4. The van der Waals surface area contributed by atoms with E-state index in [0.717, 1.165) is 12.8 Å². The summed E-state index contributed by atoms with van der Waals surface area (Å²) in [6, 6.07) is -0.130. The van der Waals surface area contributed by atoms with Gasteiger partial charge < -0.3 is 15.7 Å². The topological polar surface area (TPSA) is 96.5 Å². The fourth-order valence-corrected chi connectivity index (χ4v) is 3.63. The lowest BCUT2D eigenvalue weighted by molar-refractivity contribution is -0.142. The molecule has 3 heterocycles. The summed E-state index contributed by atoms with van der Waals surface area (Å²) in [5.41, 5.74) is 5.85. The molecule has 3 atom stereocenters. The van der Waals surface area contributed by atoms with Gasteiger partial charge in [0, 0.05) is 17.5 Å². The minimum Gasteiger partial charge on any atom is -0.481 e. The molecule has 0 radical (unpaired) electrons. The molecule has 96 valence electrons. The van der Waals surface area contributed by atoms with Crippen LogP contribution >= 0.6 is 11.3 Å². The van der Waals surface area contributed by atoms with E-state index in [9.17, 15) is 9.59 Å². The van der Waals surface area contributed by atoms with Gasteiger partial charge in [0.1, 0.15) is 5.69 Å². The highest BCUT2D eigenvalue weighted by molar-refractivity contribution is 7.13. The number of nitrogen functional groups attached to an aromatic ring is 1. The number of fused-ring (bicyclic) bond motifs is 2. The van der Waals surface area contributed by atoms with Crippen LogP contribution in [0.5, 0.6) is 0 Å². The molecule has 2 aliphatic rings. The van der Waals surface area contributed by atoms with Gasteiger partial charge in [-0.1, -0.05) is 0 Å². The Hall–Kier alpha value is -1.63. The van der Waals surface area contributed by atoms with Gasteiger partial charge in [-0.05, 0) is 19.3 Å². The van der Waals surface area contributed by atoms with Crippen LogP contribution < -0.4 is 5.73 Å². The fraction of sp³-hybridized carbons (Fsp3) is 0.545. The second-order valence-electron chi connectivity index (χ2n) is 4.76. The van der Waals surface area contributed by atoms with Crippen LogP contribution in [-0.4, -0.2) is 39.0 Å². The first-order valence-electron chi connectivity index (χ1n) is 5.84. The van der Waals surface area contributed by atoms with E-state index < -0.39 is 11.9 Å². The van der Waals surface area contributed by atoms with Gasteiger partial charge in [0.25, 0.3) is 5.91 Å². The molecule has 2 saturated heterocycles. The molecule has 2 bridgehead atoms. The molecule has 7 heteroatoms. The first-order chi connectivity index (χ1) is 8.58. The molecular weight excluding hydrogens is 254 g/mol. The Balaban J connectivity index is 1.85. The fourth-order valence-electron chi connectivity index (χ4n) is 3.09. The third-order valence-electron chi connectivity index (χ3n) is 3.83. The Morgan fingerprint density at radius 1 is 1.50 bits per heavy atom. The Bertz CT molecular complexity index is 515. The summed E-state index contributed by atoms with van der Waals surface area (Å²) >= 11 is 1.22. The zero-order chi connectivity index (χ0) is 12.9. The average molecular weight is 267 g/mol. The average Bonchev–Trinajstić information content (AvgIpc) is 3.01. The van der Waals surface area contributed by atoms with Crippen molar-refractivity contribution in [1.29, 1.82) is 0 Å². The number of anilines is 1. The number of carbonyl (C=O) groups is 2. The van der Waals surface area contributed by atoms with Gasteiger partial charge in [-0.25, -0.2) is 4.98 Å². The highest BCUT2D eigenvalue weighted by Gasteiger charge is 2.51. The molecule has 0 aliphatic carbocycles. The second-order valence-corrected chi connectivity index (χ2v) is 5.65. The van der Waals surface area contributed by atoms with Gasteiger partial charge in [0.05, 0.1) is 5.92 Å². The van der Waals surface area contributed by atoms with Crippen LogP contribution in [0.25, 0.3) is 0 Å². The number of nitrogens with two attached hydrogens (primary N) is 1. The van der Waals surface area contributed by atoms with Crippen LogP contribution in [0.15, 0.2) is 5.38 Å². The minimum atomic E-state index is -0.808. The van der Waals surface area contributed by atoms with Gasteiger partial charge >= 0.3 is 5.97 Å². The quantitative estimate of drug-likeness (QED) is 0.826. The summed E-state index contributed by atoms with van der Waals surface area (Å²) in [7, 11) is 0. The SMILES string of the molecule is Nc1nc(C(=O)N2C3CCC2C(C(=O)O)C3)cs1. The Kier molecular flexibility index (Phi) is 2.51. The highest BCUT2D eigenvalue weighted by atomic mass is 32.1. The summed E-state index contributed by atoms with van der Waals surface area (Å²) < 4.78 is 0. The van der Waals surface area contributed by atoms with E-state index in [1.54, 1.807) is 10.3 Å². The second kappa shape index (κ2) is 3.94. The highest BCUT2D eigenvalue weighted by Crippen LogP contribution is 2.42. The number of thiazole rings is 1. The van der Waals surface area contributed by atoms with Gasteiger partial charge in [-0.2, -0.15) is 0 Å². The predicted molar refractivity (Wildman–Crippen MR) is 65.2 cm³/mol. The van der Waals surface area contributed by atoms with Gasteiger partial charge in [-0.15, -0.1) is 11.3 Å². The monoisotopic (exact) mass is 267 g/mol. The van der Waals surface area contributed by atoms with E-state index in [1.165, 1.54) is 11.3 Å².